The molecule has 0 bridgehead atoms. The van der Waals surface area contributed by atoms with Crippen molar-refractivity contribution < 1.29 is 19.0 Å². The van der Waals surface area contributed by atoms with Crippen molar-refractivity contribution in [1.82, 2.24) is 0 Å². The molecule has 0 aromatic heterocycles. The van der Waals surface area contributed by atoms with Crippen LogP contribution >= 0.6 is 0 Å². The quantitative estimate of drug-likeness (QED) is 0.566. The first kappa shape index (κ1) is 17.6. The number of rotatable bonds is 7. The number of ether oxygens (including phenoxy) is 3. The largest absolute Gasteiger partial charge is 0.492 e. The molecule has 0 fully saturated rings. The zero-order chi connectivity index (χ0) is 17.5. The van der Waals surface area contributed by atoms with Crippen LogP contribution in [0.2, 0.25) is 0 Å². The Morgan fingerprint density at radius 1 is 0.958 bits per heavy atom. The van der Waals surface area contributed by atoms with Gasteiger partial charge in [-0.1, -0.05) is 37.3 Å². The van der Waals surface area contributed by atoms with Gasteiger partial charge in [-0.05, 0) is 30.2 Å². The van der Waals surface area contributed by atoms with Crippen molar-refractivity contribution in [2.24, 2.45) is 0 Å². The highest BCUT2D eigenvalue weighted by molar-refractivity contribution is 6.07. The van der Waals surface area contributed by atoms with Gasteiger partial charge in [0.1, 0.15) is 0 Å². The summed E-state index contributed by atoms with van der Waals surface area (Å²) >= 11 is 0. The first-order valence-corrected chi connectivity index (χ1v) is 7.75. The van der Waals surface area contributed by atoms with Crippen LogP contribution in [0.25, 0.3) is 6.08 Å². The highest BCUT2D eigenvalue weighted by Crippen LogP contribution is 2.43. The topological polar surface area (TPSA) is 44.8 Å². The van der Waals surface area contributed by atoms with Crippen LogP contribution in [0.1, 0.15) is 28.4 Å². The van der Waals surface area contributed by atoms with Crippen LogP contribution in [0, 0.1) is 0 Å². The van der Waals surface area contributed by atoms with Gasteiger partial charge in [0.05, 0.1) is 21.3 Å². The predicted octanol–water partition coefficient (Wildman–Crippen LogP) is 4.17. The van der Waals surface area contributed by atoms with Crippen LogP contribution in [0.4, 0.5) is 0 Å². The van der Waals surface area contributed by atoms with Crippen molar-refractivity contribution in [2.75, 3.05) is 21.3 Å². The Morgan fingerprint density at radius 3 is 2.12 bits per heavy atom. The van der Waals surface area contributed by atoms with E-state index in [1.807, 2.05) is 31.2 Å². The van der Waals surface area contributed by atoms with Crippen molar-refractivity contribution in [3.8, 4) is 17.2 Å². The van der Waals surface area contributed by atoms with Crippen LogP contribution in [0.3, 0.4) is 0 Å². The Hall–Kier alpha value is -2.75. The Balaban J connectivity index is 2.46. The summed E-state index contributed by atoms with van der Waals surface area (Å²) < 4.78 is 16.4. The van der Waals surface area contributed by atoms with Crippen LogP contribution < -0.4 is 14.2 Å². The molecule has 4 heteroatoms. The summed E-state index contributed by atoms with van der Waals surface area (Å²) in [6, 6.07) is 11.1. The molecule has 0 aliphatic rings. The number of allylic oxidation sites excluding steroid dienone is 1. The summed E-state index contributed by atoms with van der Waals surface area (Å²) in [5.41, 5.74) is 2.40. The minimum Gasteiger partial charge on any atom is -0.492 e. The number of ketones is 1. The molecule has 0 spiro atoms. The maximum Gasteiger partial charge on any atom is 0.204 e. The maximum atomic E-state index is 12.3. The number of benzene rings is 2. The summed E-state index contributed by atoms with van der Waals surface area (Å²) in [6.07, 6.45) is 4.06. The molecule has 4 nitrogen and oxygen atoms in total. The lowest BCUT2D eigenvalue weighted by molar-refractivity contribution is 0.104. The number of carbonyl (C=O) groups is 1. The van der Waals surface area contributed by atoms with E-state index in [-0.39, 0.29) is 5.78 Å². The molecule has 0 atom stereocenters. The highest BCUT2D eigenvalue weighted by atomic mass is 16.5. The number of carbonyl (C=O) groups excluding carboxylic acids is 1. The number of aryl methyl sites for hydroxylation is 1. The minimum atomic E-state index is -0.0644. The van der Waals surface area contributed by atoms with E-state index in [9.17, 15) is 4.79 Å². The second-order valence-corrected chi connectivity index (χ2v) is 5.14. The van der Waals surface area contributed by atoms with Gasteiger partial charge in [0.2, 0.25) is 5.75 Å². The molecule has 24 heavy (non-hydrogen) atoms. The number of hydrogen-bond donors (Lipinski definition) is 0. The fourth-order valence-electron chi connectivity index (χ4n) is 2.57. The molecule has 0 amide bonds. The van der Waals surface area contributed by atoms with Crippen molar-refractivity contribution in [2.45, 2.75) is 13.3 Å². The molecule has 0 N–H and O–H groups in total. The van der Waals surface area contributed by atoms with Crippen LogP contribution in [0.5, 0.6) is 17.2 Å². The predicted molar refractivity (Wildman–Crippen MR) is 95.3 cm³/mol. The first-order valence-electron chi connectivity index (χ1n) is 7.75. The standard InChI is InChI=1S/C20H22O4/c1-5-14-13-16(19(23-3)20(24-4)18(14)22-2)11-12-17(21)15-9-7-6-8-10-15/h6-13H,5H2,1-4H3. The third kappa shape index (κ3) is 3.59. The highest BCUT2D eigenvalue weighted by Gasteiger charge is 2.18. The van der Waals surface area contributed by atoms with Gasteiger partial charge in [-0.15, -0.1) is 0 Å². The lowest BCUT2D eigenvalue weighted by atomic mass is 10.0. The summed E-state index contributed by atoms with van der Waals surface area (Å²) in [4.78, 5) is 12.3. The zero-order valence-corrected chi connectivity index (χ0v) is 14.5. The fraction of sp³-hybridized carbons (Fsp3) is 0.250. The minimum absolute atomic E-state index is 0.0644. The van der Waals surface area contributed by atoms with E-state index in [2.05, 4.69) is 0 Å². The van der Waals surface area contributed by atoms with Crippen molar-refractivity contribution in [1.29, 1.82) is 0 Å². The van der Waals surface area contributed by atoms with Gasteiger partial charge in [0.15, 0.2) is 17.3 Å². The Bertz CT molecular complexity index is 733. The van der Waals surface area contributed by atoms with Crippen molar-refractivity contribution >= 4 is 11.9 Å². The van der Waals surface area contributed by atoms with E-state index < -0.39 is 0 Å². The van der Waals surface area contributed by atoms with Gasteiger partial charge in [-0.25, -0.2) is 0 Å². The summed E-state index contributed by atoms with van der Waals surface area (Å²) in [6.45, 7) is 2.03. The molecule has 0 unspecified atom stereocenters. The average Bonchev–Trinajstić information content (AvgIpc) is 2.64. The molecule has 0 saturated carbocycles. The van der Waals surface area contributed by atoms with E-state index in [4.69, 9.17) is 14.2 Å². The average molecular weight is 326 g/mol. The van der Waals surface area contributed by atoms with Crippen molar-refractivity contribution in [3.05, 3.63) is 59.2 Å². The lowest BCUT2D eigenvalue weighted by Gasteiger charge is -2.17. The number of hydrogen-bond acceptors (Lipinski definition) is 4. The van der Waals surface area contributed by atoms with E-state index in [1.54, 1.807) is 45.6 Å². The molecule has 126 valence electrons. The zero-order valence-electron chi connectivity index (χ0n) is 14.5. The lowest BCUT2D eigenvalue weighted by Crippen LogP contribution is -2.01. The Morgan fingerprint density at radius 2 is 1.58 bits per heavy atom. The smallest absolute Gasteiger partial charge is 0.204 e. The van der Waals surface area contributed by atoms with E-state index in [1.165, 1.54) is 0 Å². The van der Waals surface area contributed by atoms with E-state index >= 15 is 0 Å². The summed E-state index contributed by atoms with van der Waals surface area (Å²) in [5.74, 6) is 1.67. The molecular weight excluding hydrogens is 304 g/mol. The third-order valence-corrected chi connectivity index (χ3v) is 3.76. The van der Waals surface area contributed by atoms with Crippen LogP contribution in [-0.4, -0.2) is 27.1 Å². The Kier molecular flexibility index (Phi) is 6.01. The summed E-state index contributed by atoms with van der Waals surface area (Å²) in [5, 5.41) is 0. The molecule has 2 aromatic carbocycles. The van der Waals surface area contributed by atoms with E-state index in [0.29, 0.717) is 22.8 Å². The monoisotopic (exact) mass is 326 g/mol. The fourth-order valence-corrected chi connectivity index (χ4v) is 2.57. The van der Waals surface area contributed by atoms with Gasteiger partial charge < -0.3 is 14.2 Å². The normalized spacial score (nSPS) is 10.7. The van der Waals surface area contributed by atoms with Crippen LogP contribution in [-0.2, 0) is 6.42 Å². The van der Waals surface area contributed by atoms with Gasteiger partial charge >= 0.3 is 0 Å². The molecule has 0 saturated heterocycles. The molecular formula is C20H22O4. The molecule has 2 rings (SSSR count). The summed E-state index contributed by atoms with van der Waals surface area (Å²) in [7, 11) is 4.74. The van der Waals surface area contributed by atoms with E-state index in [0.717, 1.165) is 17.5 Å². The van der Waals surface area contributed by atoms with Crippen molar-refractivity contribution in [3.63, 3.8) is 0 Å². The van der Waals surface area contributed by atoms with Gasteiger partial charge in [-0.2, -0.15) is 0 Å². The number of methoxy groups -OCH3 is 3. The molecule has 0 radical (unpaired) electrons. The molecule has 0 aliphatic carbocycles. The molecule has 0 aliphatic heterocycles. The Labute approximate surface area is 142 Å². The van der Waals surface area contributed by atoms with Gasteiger partial charge in [0, 0.05) is 11.1 Å². The first-order chi connectivity index (χ1) is 11.7. The second kappa shape index (κ2) is 8.20. The van der Waals surface area contributed by atoms with Gasteiger partial charge in [-0.3, -0.25) is 4.79 Å². The molecule has 0 heterocycles. The third-order valence-electron chi connectivity index (χ3n) is 3.76. The SMILES string of the molecule is CCc1cc(C=CC(=O)c2ccccc2)c(OC)c(OC)c1OC. The second-order valence-electron chi connectivity index (χ2n) is 5.14. The van der Waals surface area contributed by atoms with Gasteiger partial charge in [0.25, 0.3) is 0 Å². The molecule has 2 aromatic rings. The maximum absolute atomic E-state index is 12.3. The van der Waals surface area contributed by atoms with Crippen LogP contribution in [0.15, 0.2) is 42.5 Å².